The maximum atomic E-state index is 13.4. The van der Waals surface area contributed by atoms with Gasteiger partial charge < -0.3 is 25.8 Å². The van der Waals surface area contributed by atoms with Gasteiger partial charge in [0.1, 0.15) is 11.9 Å². The summed E-state index contributed by atoms with van der Waals surface area (Å²) in [4.78, 5) is 40.7. The van der Waals surface area contributed by atoms with Crippen LogP contribution >= 0.6 is 0 Å². The van der Waals surface area contributed by atoms with Crippen LogP contribution in [0.2, 0.25) is 0 Å². The Hall–Kier alpha value is -4.04. The lowest BCUT2D eigenvalue weighted by molar-refractivity contribution is -0.135. The number of amides is 2. The Balaban J connectivity index is 2.01. The van der Waals surface area contributed by atoms with Gasteiger partial charge in [0.15, 0.2) is 0 Å². The van der Waals surface area contributed by atoms with Crippen LogP contribution in [0.15, 0.2) is 36.7 Å². The number of hydrogen-bond donors (Lipinski definition) is 3. The smallest absolute Gasteiger partial charge is 0.246 e. The highest BCUT2D eigenvalue weighted by Crippen LogP contribution is 2.21. The molecule has 1 atom stereocenters. The molecule has 2 amide bonds. The molecule has 40 heavy (non-hydrogen) atoms. The standard InChI is InChI=1S/C29H41FN8O2/c1-8-15-32-26-22(20-34-28(36-26)35-23-12-16-31-24(30)19-23)11-13-29(3,4)14-17-33-27(40)21(2)38(7)25(39)10-9-18-37(5)6/h9-10,12,16,19-21H,8,14-15,17-18H2,1-7H3,(H,33,40)(H2,31,32,34,35,36)/t21-/m0/s1. The molecular formula is C29H41FN8O2. The Kier molecular flexibility index (Phi) is 12.5. The van der Waals surface area contributed by atoms with E-state index in [4.69, 9.17) is 0 Å². The fourth-order valence-corrected chi connectivity index (χ4v) is 3.31. The maximum Gasteiger partial charge on any atom is 0.246 e. The van der Waals surface area contributed by atoms with E-state index in [0.717, 1.165) is 6.42 Å². The van der Waals surface area contributed by atoms with Gasteiger partial charge >= 0.3 is 0 Å². The van der Waals surface area contributed by atoms with E-state index in [1.165, 1.54) is 23.2 Å². The molecule has 0 aliphatic rings. The summed E-state index contributed by atoms with van der Waals surface area (Å²) in [5, 5.41) is 9.16. The highest BCUT2D eigenvalue weighted by atomic mass is 19.1. The van der Waals surface area contributed by atoms with Crippen LogP contribution in [0.4, 0.5) is 21.8 Å². The molecule has 0 aliphatic heterocycles. The van der Waals surface area contributed by atoms with Crippen molar-refractivity contribution < 1.29 is 14.0 Å². The van der Waals surface area contributed by atoms with Gasteiger partial charge in [-0.2, -0.15) is 9.37 Å². The van der Waals surface area contributed by atoms with Crippen LogP contribution in [0, 0.1) is 23.2 Å². The zero-order chi connectivity index (χ0) is 29.7. The lowest BCUT2D eigenvalue weighted by Gasteiger charge is -2.24. The molecule has 10 nitrogen and oxygen atoms in total. The molecule has 2 aromatic heterocycles. The lowest BCUT2D eigenvalue weighted by atomic mass is 9.90. The molecular weight excluding hydrogens is 511 g/mol. The summed E-state index contributed by atoms with van der Waals surface area (Å²) in [7, 11) is 5.45. The Morgan fingerprint density at radius 2 is 1.95 bits per heavy atom. The second-order valence-corrected chi connectivity index (χ2v) is 10.3. The first-order valence-corrected chi connectivity index (χ1v) is 13.3. The number of rotatable bonds is 13. The fourth-order valence-electron chi connectivity index (χ4n) is 3.31. The molecule has 3 N–H and O–H groups in total. The summed E-state index contributed by atoms with van der Waals surface area (Å²) >= 11 is 0. The van der Waals surface area contributed by atoms with Gasteiger partial charge in [0, 0.05) is 56.1 Å². The second-order valence-electron chi connectivity index (χ2n) is 10.3. The first kappa shape index (κ1) is 32.2. The first-order valence-electron chi connectivity index (χ1n) is 13.3. The van der Waals surface area contributed by atoms with E-state index < -0.39 is 17.4 Å². The van der Waals surface area contributed by atoms with Crippen molar-refractivity contribution in [2.24, 2.45) is 5.41 Å². The number of nitrogens with zero attached hydrogens (tertiary/aromatic N) is 5. The third-order valence-corrected chi connectivity index (χ3v) is 5.94. The zero-order valence-electron chi connectivity index (χ0n) is 24.5. The van der Waals surface area contributed by atoms with Crippen LogP contribution in [0.25, 0.3) is 0 Å². The number of anilines is 3. The molecule has 0 aromatic carbocycles. The van der Waals surface area contributed by atoms with Gasteiger partial charge in [0.2, 0.25) is 23.7 Å². The van der Waals surface area contributed by atoms with Gasteiger partial charge in [-0.3, -0.25) is 9.59 Å². The van der Waals surface area contributed by atoms with Crippen molar-refractivity contribution in [2.45, 2.75) is 46.6 Å². The molecule has 0 bridgehead atoms. The fraction of sp³-hybridized carbons (Fsp3) is 0.483. The summed E-state index contributed by atoms with van der Waals surface area (Å²) in [6.45, 7) is 9.49. The van der Waals surface area contributed by atoms with Gasteiger partial charge in [-0.15, -0.1) is 0 Å². The predicted octanol–water partition coefficient (Wildman–Crippen LogP) is 3.42. The first-order chi connectivity index (χ1) is 18.9. The molecule has 2 aromatic rings. The monoisotopic (exact) mass is 552 g/mol. The molecule has 2 rings (SSSR count). The molecule has 0 fully saturated rings. The number of halogens is 1. The molecule has 216 valence electrons. The van der Waals surface area contributed by atoms with Crippen LogP contribution in [0.5, 0.6) is 0 Å². The highest BCUT2D eigenvalue weighted by molar-refractivity contribution is 5.92. The number of carbonyl (C=O) groups is 2. The average Bonchev–Trinajstić information content (AvgIpc) is 2.90. The van der Waals surface area contributed by atoms with Crippen LogP contribution in [-0.4, -0.2) is 83.4 Å². The average molecular weight is 553 g/mol. The molecule has 0 unspecified atom stereocenters. The molecule has 0 saturated heterocycles. The van der Waals surface area contributed by atoms with Crippen molar-refractivity contribution in [3.63, 3.8) is 0 Å². The minimum absolute atomic E-state index is 0.223. The van der Waals surface area contributed by atoms with Crippen molar-refractivity contribution >= 4 is 29.3 Å². The highest BCUT2D eigenvalue weighted by Gasteiger charge is 2.22. The van der Waals surface area contributed by atoms with Crippen molar-refractivity contribution in [2.75, 3.05) is 51.4 Å². The summed E-state index contributed by atoms with van der Waals surface area (Å²) in [6.07, 6.45) is 7.73. The summed E-state index contributed by atoms with van der Waals surface area (Å²) in [6, 6.07) is 2.28. The number of pyridine rings is 1. The van der Waals surface area contributed by atoms with E-state index in [2.05, 4.69) is 42.7 Å². The largest absolute Gasteiger partial charge is 0.369 e. The van der Waals surface area contributed by atoms with Gasteiger partial charge in [0.25, 0.3) is 0 Å². The van der Waals surface area contributed by atoms with Gasteiger partial charge in [-0.05, 0) is 53.8 Å². The second kappa shape index (κ2) is 15.5. The van der Waals surface area contributed by atoms with E-state index in [0.29, 0.717) is 49.1 Å². The van der Waals surface area contributed by atoms with E-state index in [1.54, 1.807) is 32.3 Å². The number of nitrogens with one attached hydrogen (secondary N) is 3. The van der Waals surface area contributed by atoms with Gasteiger partial charge in [-0.25, -0.2) is 9.97 Å². The number of carbonyl (C=O) groups excluding carboxylic acids is 2. The van der Waals surface area contributed by atoms with Gasteiger partial charge in [0.05, 0.1) is 11.8 Å². The molecule has 0 radical (unpaired) electrons. The quantitative estimate of drug-likeness (QED) is 0.197. The summed E-state index contributed by atoms with van der Waals surface area (Å²) in [5.74, 6) is 6.28. The van der Waals surface area contributed by atoms with Crippen molar-refractivity contribution in [1.29, 1.82) is 0 Å². The molecule has 2 heterocycles. The number of hydrogen-bond acceptors (Lipinski definition) is 8. The Labute approximate surface area is 236 Å². The number of likely N-dealkylation sites (N-methyl/N-ethyl adjacent to an activating group) is 2. The van der Waals surface area contributed by atoms with E-state index in [1.807, 2.05) is 39.8 Å². The van der Waals surface area contributed by atoms with Crippen molar-refractivity contribution in [1.82, 2.24) is 30.1 Å². The van der Waals surface area contributed by atoms with Crippen LogP contribution in [-0.2, 0) is 9.59 Å². The minimum atomic E-state index is -0.606. The van der Waals surface area contributed by atoms with Crippen LogP contribution in [0.3, 0.4) is 0 Å². The Morgan fingerprint density at radius 3 is 2.62 bits per heavy atom. The molecule has 0 aliphatic carbocycles. The third kappa shape index (κ3) is 11.0. The molecule has 0 saturated carbocycles. The SMILES string of the molecule is CCCNc1nc(Nc2ccnc(F)c2)ncc1C#CC(C)(C)CCNC(=O)[C@H](C)N(C)C(=O)C=CCN(C)C. The minimum Gasteiger partial charge on any atom is -0.369 e. The Bertz CT molecular complexity index is 1240. The van der Waals surface area contributed by atoms with Gasteiger partial charge in [-0.1, -0.05) is 24.8 Å². The lowest BCUT2D eigenvalue weighted by Crippen LogP contribution is -2.46. The third-order valence-electron chi connectivity index (χ3n) is 5.94. The normalized spacial score (nSPS) is 12.0. The summed E-state index contributed by atoms with van der Waals surface area (Å²) in [5.41, 5.74) is 0.704. The molecule has 11 heteroatoms. The van der Waals surface area contributed by atoms with Crippen LogP contribution < -0.4 is 16.0 Å². The predicted molar refractivity (Wildman–Crippen MR) is 157 cm³/mol. The zero-order valence-corrected chi connectivity index (χ0v) is 24.5. The maximum absolute atomic E-state index is 13.4. The Morgan fingerprint density at radius 1 is 1.20 bits per heavy atom. The molecule has 0 spiro atoms. The van der Waals surface area contributed by atoms with Crippen LogP contribution in [0.1, 0.15) is 46.1 Å². The van der Waals surface area contributed by atoms with E-state index in [9.17, 15) is 14.0 Å². The van der Waals surface area contributed by atoms with E-state index >= 15 is 0 Å². The van der Waals surface area contributed by atoms with Crippen molar-refractivity contribution in [3.8, 4) is 11.8 Å². The van der Waals surface area contributed by atoms with Crippen molar-refractivity contribution in [3.05, 3.63) is 48.2 Å². The topological polar surface area (TPSA) is 115 Å². The van der Waals surface area contributed by atoms with E-state index in [-0.39, 0.29) is 11.8 Å². The summed E-state index contributed by atoms with van der Waals surface area (Å²) < 4.78 is 13.4. The number of aromatic nitrogens is 3.